The Labute approximate surface area is 102 Å². The van der Waals surface area contributed by atoms with Crippen molar-refractivity contribution in [2.45, 2.75) is 26.8 Å². The fraction of sp³-hybridized carbons (Fsp3) is 0.583. The molecule has 1 aromatic rings. The SMILES string of the molecule is COC(=O)Cc1c(C)nc(CN(C)C)nc1C. The first-order chi connectivity index (χ1) is 7.93. The number of carbonyl (C=O) groups excluding carboxylic acids is 1. The van der Waals surface area contributed by atoms with E-state index in [-0.39, 0.29) is 12.4 Å². The summed E-state index contributed by atoms with van der Waals surface area (Å²) in [5.74, 6) is 0.513. The number of aryl methyl sites for hydroxylation is 2. The van der Waals surface area contributed by atoms with E-state index in [1.54, 1.807) is 0 Å². The second kappa shape index (κ2) is 5.72. The van der Waals surface area contributed by atoms with Crippen molar-refractivity contribution in [3.05, 3.63) is 22.8 Å². The third kappa shape index (κ3) is 3.78. The zero-order chi connectivity index (χ0) is 13.0. The summed E-state index contributed by atoms with van der Waals surface area (Å²) in [6.45, 7) is 4.48. The molecule has 0 saturated heterocycles. The lowest BCUT2D eigenvalue weighted by Crippen LogP contribution is -2.16. The molecule has 1 heterocycles. The lowest BCUT2D eigenvalue weighted by molar-refractivity contribution is -0.139. The van der Waals surface area contributed by atoms with Crippen LogP contribution >= 0.6 is 0 Å². The predicted molar refractivity (Wildman–Crippen MR) is 64.6 cm³/mol. The highest BCUT2D eigenvalue weighted by atomic mass is 16.5. The van der Waals surface area contributed by atoms with Crippen LogP contribution in [-0.4, -0.2) is 42.0 Å². The molecule has 0 radical (unpaired) electrons. The minimum Gasteiger partial charge on any atom is -0.469 e. The molecular formula is C12H19N3O2. The van der Waals surface area contributed by atoms with Crippen LogP contribution in [0.25, 0.3) is 0 Å². The van der Waals surface area contributed by atoms with E-state index < -0.39 is 0 Å². The summed E-state index contributed by atoms with van der Waals surface area (Å²) in [6.07, 6.45) is 0.233. The molecule has 5 nitrogen and oxygen atoms in total. The summed E-state index contributed by atoms with van der Waals surface area (Å²) in [5, 5.41) is 0. The highest BCUT2D eigenvalue weighted by Crippen LogP contribution is 2.12. The normalized spacial score (nSPS) is 10.7. The highest BCUT2D eigenvalue weighted by Gasteiger charge is 2.12. The monoisotopic (exact) mass is 237 g/mol. The van der Waals surface area contributed by atoms with Gasteiger partial charge in [-0.25, -0.2) is 9.97 Å². The maximum Gasteiger partial charge on any atom is 0.310 e. The van der Waals surface area contributed by atoms with Crippen molar-refractivity contribution in [3.8, 4) is 0 Å². The van der Waals surface area contributed by atoms with Gasteiger partial charge in [-0.1, -0.05) is 0 Å². The first-order valence-electron chi connectivity index (χ1n) is 5.48. The fourth-order valence-electron chi connectivity index (χ4n) is 1.63. The van der Waals surface area contributed by atoms with E-state index in [0.29, 0.717) is 6.54 Å². The van der Waals surface area contributed by atoms with Gasteiger partial charge in [0.05, 0.1) is 20.1 Å². The molecule has 0 atom stereocenters. The molecule has 0 spiro atoms. The number of hydrogen-bond donors (Lipinski definition) is 0. The van der Waals surface area contributed by atoms with Crippen LogP contribution in [0.1, 0.15) is 22.8 Å². The van der Waals surface area contributed by atoms with E-state index in [1.807, 2.05) is 32.8 Å². The zero-order valence-electron chi connectivity index (χ0n) is 11.1. The first kappa shape index (κ1) is 13.6. The van der Waals surface area contributed by atoms with Crippen molar-refractivity contribution < 1.29 is 9.53 Å². The highest BCUT2D eigenvalue weighted by molar-refractivity contribution is 5.73. The Morgan fingerprint density at radius 2 is 1.76 bits per heavy atom. The van der Waals surface area contributed by atoms with Crippen molar-refractivity contribution in [2.24, 2.45) is 0 Å². The lowest BCUT2D eigenvalue weighted by atomic mass is 10.1. The Kier molecular flexibility index (Phi) is 4.57. The molecule has 1 aromatic heterocycles. The smallest absolute Gasteiger partial charge is 0.310 e. The van der Waals surface area contributed by atoms with Crippen LogP contribution in [0.3, 0.4) is 0 Å². The van der Waals surface area contributed by atoms with Crippen LogP contribution < -0.4 is 0 Å². The van der Waals surface area contributed by atoms with Crippen LogP contribution in [0.4, 0.5) is 0 Å². The van der Waals surface area contributed by atoms with E-state index in [0.717, 1.165) is 22.8 Å². The van der Waals surface area contributed by atoms with E-state index >= 15 is 0 Å². The molecule has 5 heteroatoms. The van der Waals surface area contributed by atoms with Gasteiger partial charge in [-0.05, 0) is 27.9 Å². The number of methoxy groups -OCH3 is 1. The van der Waals surface area contributed by atoms with Gasteiger partial charge in [-0.2, -0.15) is 0 Å². The van der Waals surface area contributed by atoms with Crippen LogP contribution in [0.5, 0.6) is 0 Å². The fourth-order valence-corrected chi connectivity index (χ4v) is 1.63. The number of aromatic nitrogens is 2. The molecule has 1 rings (SSSR count). The molecule has 0 aromatic carbocycles. The van der Waals surface area contributed by atoms with Gasteiger partial charge in [-0.15, -0.1) is 0 Å². The van der Waals surface area contributed by atoms with Gasteiger partial charge in [0.1, 0.15) is 5.82 Å². The first-order valence-corrected chi connectivity index (χ1v) is 5.48. The molecule has 17 heavy (non-hydrogen) atoms. The number of hydrogen-bond acceptors (Lipinski definition) is 5. The minimum atomic E-state index is -0.264. The summed E-state index contributed by atoms with van der Waals surface area (Å²) in [4.78, 5) is 22.1. The van der Waals surface area contributed by atoms with Crippen LogP contribution in [0.2, 0.25) is 0 Å². The topological polar surface area (TPSA) is 55.3 Å². The third-order valence-corrected chi connectivity index (χ3v) is 2.47. The van der Waals surface area contributed by atoms with Crippen LogP contribution in [0, 0.1) is 13.8 Å². The predicted octanol–water partition coefficient (Wildman–Crippen LogP) is 0.871. The van der Waals surface area contributed by atoms with Crippen molar-refractivity contribution in [3.63, 3.8) is 0 Å². The Balaban J connectivity index is 2.98. The molecule has 0 saturated carbocycles. The Hall–Kier alpha value is -1.49. The average Bonchev–Trinajstić information content (AvgIpc) is 2.22. The van der Waals surface area contributed by atoms with Gasteiger partial charge >= 0.3 is 5.97 Å². The molecule has 94 valence electrons. The van der Waals surface area contributed by atoms with Crippen molar-refractivity contribution in [1.29, 1.82) is 0 Å². The van der Waals surface area contributed by atoms with Gasteiger partial charge in [0.2, 0.25) is 0 Å². The van der Waals surface area contributed by atoms with E-state index in [4.69, 9.17) is 0 Å². The minimum absolute atomic E-state index is 0.233. The molecule has 0 bridgehead atoms. The largest absolute Gasteiger partial charge is 0.469 e. The number of rotatable bonds is 4. The third-order valence-electron chi connectivity index (χ3n) is 2.47. The summed E-state index contributed by atoms with van der Waals surface area (Å²) in [7, 11) is 5.32. The standard InChI is InChI=1S/C12H19N3O2/c1-8-10(6-12(16)17-5)9(2)14-11(13-8)7-15(3)4/h6-7H2,1-5H3. The van der Waals surface area contributed by atoms with Gasteiger partial charge in [0.15, 0.2) is 0 Å². The zero-order valence-corrected chi connectivity index (χ0v) is 11.1. The molecule has 0 fully saturated rings. The number of esters is 1. The maximum absolute atomic E-state index is 11.3. The Morgan fingerprint density at radius 3 is 2.18 bits per heavy atom. The number of ether oxygens (including phenoxy) is 1. The average molecular weight is 237 g/mol. The quantitative estimate of drug-likeness (QED) is 0.727. The Morgan fingerprint density at radius 1 is 1.24 bits per heavy atom. The van der Waals surface area contributed by atoms with Crippen LogP contribution in [-0.2, 0) is 22.5 Å². The molecule has 0 unspecified atom stereocenters. The summed E-state index contributed by atoms with van der Waals surface area (Å²) in [6, 6.07) is 0. The molecule has 0 aliphatic heterocycles. The summed E-state index contributed by atoms with van der Waals surface area (Å²) in [5.41, 5.74) is 2.55. The van der Waals surface area contributed by atoms with E-state index in [9.17, 15) is 4.79 Å². The van der Waals surface area contributed by atoms with Crippen molar-refractivity contribution >= 4 is 5.97 Å². The van der Waals surface area contributed by atoms with Crippen molar-refractivity contribution in [1.82, 2.24) is 14.9 Å². The van der Waals surface area contributed by atoms with Gasteiger partial charge in [-0.3, -0.25) is 4.79 Å². The summed E-state index contributed by atoms with van der Waals surface area (Å²) >= 11 is 0. The van der Waals surface area contributed by atoms with Crippen LogP contribution in [0.15, 0.2) is 0 Å². The lowest BCUT2D eigenvalue weighted by Gasteiger charge is -2.12. The van der Waals surface area contributed by atoms with E-state index in [1.165, 1.54) is 7.11 Å². The summed E-state index contributed by atoms with van der Waals surface area (Å²) < 4.78 is 4.66. The van der Waals surface area contributed by atoms with Gasteiger partial charge < -0.3 is 9.64 Å². The van der Waals surface area contributed by atoms with Gasteiger partial charge in [0, 0.05) is 17.0 Å². The molecular weight excluding hydrogens is 218 g/mol. The second-order valence-corrected chi connectivity index (χ2v) is 4.28. The molecule has 0 aliphatic rings. The molecule has 0 N–H and O–H groups in total. The number of nitrogens with zero attached hydrogens (tertiary/aromatic N) is 3. The molecule has 0 amide bonds. The van der Waals surface area contributed by atoms with Gasteiger partial charge in [0.25, 0.3) is 0 Å². The molecule has 0 aliphatic carbocycles. The number of carbonyl (C=O) groups is 1. The van der Waals surface area contributed by atoms with Crippen molar-refractivity contribution in [2.75, 3.05) is 21.2 Å². The maximum atomic E-state index is 11.3. The second-order valence-electron chi connectivity index (χ2n) is 4.28. The van der Waals surface area contributed by atoms with E-state index in [2.05, 4.69) is 14.7 Å². The Bertz CT molecular complexity index is 393.